The van der Waals surface area contributed by atoms with Gasteiger partial charge in [0.25, 0.3) is 5.56 Å². The van der Waals surface area contributed by atoms with Crippen LogP contribution >= 0.6 is 0 Å². The van der Waals surface area contributed by atoms with E-state index in [1.807, 2.05) is 0 Å². The van der Waals surface area contributed by atoms with Gasteiger partial charge < -0.3 is 4.74 Å². The zero-order chi connectivity index (χ0) is 13.1. The molecule has 0 atom stereocenters. The van der Waals surface area contributed by atoms with Crippen LogP contribution in [0.1, 0.15) is 10.5 Å². The number of methoxy groups -OCH3 is 1. The van der Waals surface area contributed by atoms with E-state index in [2.05, 4.69) is 14.8 Å². The molecular formula is C11H8FN3O3. The van der Waals surface area contributed by atoms with Crippen LogP contribution in [-0.2, 0) is 4.74 Å². The molecular weight excluding hydrogens is 241 g/mol. The molecule has 92 valence electrons. The Bertz CT molecular complexity index is 654. The highest BCUT2D eigenvalue weighted by Crippen LogP contribution is 2.06. The molecule has 0 aliphatic carbocycles. The van der Waals surface area contributed by atoms with Crippen molar-refractivity contribution in [1.29, 1.82) is 0 Å². The summed E-state index contributed by atoms with van der Waals surface area (Å²) in [5.74, 6) is -1.71. The third-order valence-corrected chi connectivity index (χ3v) is 2.13. The molecule has 7 heteroatoms. The molecule has 0 fully saturated rings. The number of halogens is 1. The number of ether oxygens (including phenoxy) is 1. The molecule has 18 heavy (non-hydrogen) atoms. The maximum absolute atomic E-state index is 13.5. The topological polar surface area (TPSA) is 74.1 Å². The molecule has 0 unspecified atom stereocenters. The summed E-state index contributed by atoms with van der Waals surface area (Å²) in [6.45, 7) is 0. The first-order valence-corrected chi connectivity index (χ1v) is 4.93. The van der Waals surface area contributed by atoms with E-state index in [0.717, 1.165) is 12.1 Å². The van der Waals surface area contributed by atoms with E-state index < -0.39 is 17.3 Å². The van der Waals surface area contributed by atoms with E-state index in [0.29, 0.717) is 4.68 Å². The second-order valence-electron chi connectivity index (χ2n) is 3.27. The highest BCUT2D eigenvalue weighted by Gasteiger charge is 2.13. The predicted molar refractivity (Wildman–Crippen MR) is 58.9 cm³/mol. The number of pyridine rings is 1. The summed E-state index contributed by atoms with van der Waals surface area (Å²) in [6.07, 6.45) is 1.32. The van der Waals surface area contributed by atoms with Gasteiger partial charge in [-0.2, -0.15) is 9.78 Å². The van der Waals surface area contributed by atoms with Crippen molar-refractivity contribution in [3.63, 3.8) is 0 Å². The molecule has 0 N–H and O–H groups in total. The fourth-order valence-corrected chi connectivity index (χ4v) is 1.31. The molecule has 2 rings (SSSR count). The molecule has 2 aromatic rings. The second-order valence-corrected chi connectivity index (χ2v) is 3.27. The predicted octanol–water partition coefficient (Wildman–Crippen LogP) is 0.553. The van der Waals surface area contributed by atoms with E-state index in [1.54, 1.807) is 0 Å². The summed E-state index contributed by atoms with van der Waals surface area (Å²) in [7, 11) is 1.18. The largest absolute Gasteiger partial charge is 0.464 e. The van der Waals surface area contributed by atoms with E-state index >= 15 is 0 Å². The van der Waals surface area contributed by atoms with E-state index in [9.17, 15) is 14.0 Å². The molecule has 6 nitrogen and oxygen atoms in total. The Labute approximate surface area is 101 Å². The summed E-state index contributed by atoms with van der Waals surface area (Å²) in [4.78, 5) is 26.6. The number of rotatable bonds is 2. The van der Waals surface area contributed by atoms with Crippen molar-refractivity contribution < 1.29 is 13.9 Å². The maximum Gasteiger partial charge on any atom is 0.358 e. The van der Waals surface area contributed by atoms with Crippen molar-refractivity contribution in [1.82, 2.24) is 14.8 Å². The average molecular weight is 249 g/mol. The lowest BCUT2D eigenvalue weighted by Gasteiger charge is -2.05. The van der Waals surface area contributed by atoms with Crippen LogP contribution in [-0.4, -0.2) is 27.8 Å². The minimum Gasteiger partial charge on any atom is -0.464 e. The van der Waals surface area contributed by atoms with Crippen LogP contribution < -0.4 is 5.56 Å². The quantitative estimate of drug-likeness (QED) is 0.727. The summed E-state index contributed by atoms with van der Waals surface area (Å²) in [6, 6.07) is 4.81. The summed E-state index contributed by atoms with van der Waals surface area (Å²) < 4.78 is 18.7. The molecule has 0 saturated heterocycles. The molecule has 0 spiro atoms. The minimum atomic E-state index is -0.722. The van der Waals surface area contributed by atoms with Crippen LogP contribution in [0.3, 0.4) is 0 Å². The van der Waals surface area contributed by atoms with Crippen LogP contribution in [0.5, 0.6) is 0 Å². The van der Waals surface area contributed by atoms with Gasteiger partial charge in [0.15, 0.2) is 17.3 Å². The third kappa shape index (κ3) is 2.10. The molecule has 0 bridgehead atoms. The van der Waals surface area contributed by atoms with Gasteiger partial charge in [0, 0.05) is 12.3 Å². The number of carbonyl (C=O) groups is 1. The van der Waals surface area contributed by atoms with Gasteiger partial charge in [-0.05, 0) is 18.2 Å². The van der Waals surface area contributed by atoms with Crippen molar-refractivity contribution in [2.75, 3.05) is 7.11 Å². The Morgan fingerprint density at radius 1 is 1.39 bits per heavy atom. The van der Waals surface area contributed by atoms with Gasteiger partial charge in [0.05, 0.1) is 7.11 Å². The molecule has 0 amide bonds. The molecule has 2 aromatic heterocycles. The summed E-state index contributed by atoms with van der Waals surface area (Å²) >= 11 is 0. The molecule has 0 aliphatic rings. The Kier molecular flexibility index (Phi) is 3.13. The second kappa shape index (κ2) is 4.74. The number of hydrogen-bond donors (Lipinski definition) is 0. The Morgan fingerprint density at radius 2 is 2.17 bits per heavy atom. The van der Waals surface area contributed by atoms with Gasteiger partial charge in [0.2, 0.25) is 0 Å². The van der Waals surface area contributed by atoms with Crippen LogP contribution in [0.4, 0.5) is 4.39 Å². The standard InChI is InChI=1S/C11H8FN3O3/c1-18-11(17)8-4-5-9(16)15(14-8)10-7(12)3-2-6-13-10/h2-6H,1H3. The number of hydrogen-bond acceptors (Lipinski definition) is 5. The molecule has 0 aromatic carbocycles. The van der Waals surface area contributed by atoms with Crippen molar-refractivity contribution in [2.45, 2.75) is 0 Å². The Hall–Kier alpha value is -2.57. The first kappa shape index (κ1) is 11.9. The minimum absolute atomic E-state index is 0.109. The van der Waals surface area contributed by atoms with Crippen LogP contribution in [0.15, 0.2) is 35.3 Å². The Morgan fingerprint density at radius 3 is 2.83 bits per heavy atom. The van der Waals surface area contributed by atoms with Crippen molar-refractivity contribution in [2.24, 2.45) is 0 Å². The van der Waals surface area contributed by atoms with Gasteiger partial charge >= 0.3 is 5.97 Å². The molecule has 2 heterocycles. The highest BCUT2D eigenvalue weighted by molar-refractivity contribution is 5.86. The van der Waals surface area contributed by atoms with Crippen LogP contribution in [0.25, 0.3) is 5.82 Å². The van der Waals surface area contributed by atoms with Crippen molar-refractivity contribution >= 4 is 5.97 Å². The van der Waals surface area contributed by atoms with E-state index in [1.165, 1.54) is 25.4 Å². The van der Waals surface area contributed by atoms with Crippen molar-refractivity contribution in [3.8, 4) is 5.82 Å². The fourth-order valence-electron chi connectivity index (χ4n) is 1.31. The normalized spacial score (nSPS) is 10.1. The summed E-state index contributed by atoms with van der Waals surface area (Å²) in [5, 5.41) is 3.70. The van der Waals surface area contributed by atoms with Gasteiger partial charge in [-0.1, -0.05) is 0 Å². The molecule has 0 aliphatic heterocycles. The lowest BCUT2D eigenvalue weighted by Crippen LogP contribution is -2.24. The van der Waals surface area contributed by atoms with Gasteiger partial charge in [-0.3, -0.25) is 4.79 Å². The zero-order valence-electron chi connectivity index (χ0n) is 9.33. The van der Waals surface area contributed by atoms with Crippen LogP contribution in [0, 0.1) is 5.82 Å². The average Bonchev–Trinajstić information content (AvgIpc) is 2.39. The lowest BCUT2D eigenvalue weighted by molar-refractivity contribution is 0.0591. The maximum atomic E-state index is 13.5. The number of carbonyl (C=O) groups excluding carboxylic acids is 1. The molecule has 0 radical (unpaired) electrons. The monoisotopic (exact) mass is 249 g/mol. The fraction of sp³-hybridized carbons (Fsp3) is 0.0909. The first-order chi connectivity index (χ1) is 8.63. The van der Waals surface area contributed by atoms with Gasteiger partial charge in [-0.15, -0.1) is 0 Å². The number of esters is 1. The zero-order valence-corrected chi connectivity index (χ0v) is 9.33. The van der Waals surface area contributed by atoms with Gasteiger partial charge in [-0.25, -0.2) is 14.2 Å². The first-order valence-electron chi connectivity index (χ1n) is 4.93. The molecule has 0 saturated carbocycles. The smallest absolute Gasteiger partial charge is 0.358 e. The number of nitrogens with zero attached hydrogens (tertiary/aromatic N) is 3. The SMILES string of the molecule is COC(=O)c1ccc(=O)n(-c2ncccc2F)n1. The van der Waals surface area contributed by atoms with E-state index in [-0.39, 0.29) is 11.5 Å². The van der Waals surface area contributed by atoms with E-state index in [4.69, 9.17) is 0 Å². The Balaban J connectivity index is 2.61. The highest BCUT2D eigenvalue weighted by atomic mass is 19.1. The third-order valence-electron chi connectivity index (χ3n) is 2.13. The van der Waals surface area contributed by atoms with Crippen LogP contribution in [0.2, 0.25) is 0 Å². The summed E-state index contributed by atoms with van der Waals surface area (Å²) in [5.41, 5.74) is -0.706. The lowest BCUT2D eigenvalue weighted by atomic mass is 10.4. The van der Waals surface area contributed by atoms with Crippen molar-refractivity contribution in [3.05, 3.63) is 52.3 Å². The van der Waals surface area contributed by atoms with Gasteiger partial charge in [0.1, 0.15) is 0 Å². The number of aromatic nitrogens is 3.